The molecule has 2 N–H and O–H groups in total. The Labute approximate surface area is 186 Å². The van der Waals surface area contributed by atoms with Crippen molar-refractivity contribution >= 4 is 12.1 Å². The predicted octanol–water partition coefficient (Wildman–Crippen LogP) is 4.87. The number of nitrogens with one attached hydrogen (secondary N) is 1. The molecule has 0 spiro atoms. The van der Waals surface area contributed by atoms with Crippen molar-refractivity contribution in [3.63, 3.8) is 0 Å². The molecule has 0 radical (unpaired) electrons. The van der Waals surface area contributed by atoms with Crippen molar-refractivity contribution in [1.82, 2.24) is 5.43 Å². The highest BCUT2D eigenvalue weighted by Crippen LogP contribution is 2.30. The molecular formula is C27H22N2O3. The van der Waals surface area contributed by atoms with Gasteiger partial charge in [0, 0.05) is 0 Å². The van der Waals surface area contributed by atoms with Gasteiger partial charge in [0.25, 0.3) is 5.91 Å². The van der Waals surface area contributed by atoms with Crippen LogP contribution < -0.4 is 10.2 Å². The smallest absolute Gasteiger partial charge is 0.281 e. The van der Waals surface area contributed by atoms with Gasteiger partial charge >= 0.3 is 0 Å². The Bertz CT molecular complexity index is 1150. The molecular weight excluding hydrogens is 400 g/mol. The second-order valence-corrected chi connectivity index (χ2v) is 7.13. The van der Waals surface area contributed by atoms with E-state index in [0.29, 0.717) is 16.9 Å². The highest BCUT2D eigenvalue weighted by atomic mass is 16.5. The van der Waals surface area contributed by atoms with Crippen molar-refractivity contribution in [1.29, 1.82) is 0 Å². The fraction of sp³-hybridized carbons (Fsp3) is 0.0370. The van der Waals surface area contributed by atoms with Crippen molar-refractivity contribution < 1.29 is 14.6 Å². The standard InChI is InChI=1S/C27H22N2O3/c30-26(27(31,22-12-4-1-5-13-22)23-14-6-2-7-15-23)29-28-20-21-11-10-18-25(19-21)32-24-16-8-3-9-17-24/h1-20,31H,(H,29,30)/b28-20-. The minimum absolute atomic E-state index is 0.456. The molecule has 1 amide bonds. The Kier molecular flexibility index (Phi) is 6.39. The lowest BCUT2D eigenvalue weighted by Gasteiger charge is -2.27. The number of para-hydroxylation sites is 1. The van der Waals surface area contributed by atoms with E-state index >= 15 is 0 Å². The number of hydrogen-bond acceptors (Lipinski definition) is 4. The molecule has 0 atom stereocenters. The molecule has 0 aliphatic rings. The largest absolute Gasteiger partial charge is 0.457 e. The SMILES string of the molecule is O=C(N/N=C\c1cccc(Oc2ccccc2)c1)C(O)(c1ccccc1)c1ccccc1. The Morgan fingerprint density at radius 1 is 0.750 bits per heavy atom. The van der Waals surface area contributed by atoms with Gasteiger partial charge in [0.2, 0.25) is 0 Å². The van der Waals surface area contributed by atoms with Gasteiger partial charge in [0.15, 0.2) is 5.60 Å². The van der Waals surface area contributed by atoms with Crippen molar-refractivity contribution in [3.05, 3.63) is 132 Å². The van der Waals surface area contributed by atoms with E-state index in [1.807, 2.05) is 66.7 Å². The van der Waals surface area contributed by atoms with Crippen LogP contribution in [0.1, 0.15) is 16.7 Å². The van der Waals surface area contributed by atoms with Crippen LogP contribution in [0, 0.1) is 0 Å². The third-order valence-corrected chi connectivity index (χ3v) is 4.93. The Hall–Kier alpha value is -4.22. The summed E-state index contributed by atoms with van der Waals surface area (Å²) >= 11 is 0. The van der Waals surface area contributed by atoms with Crippen molar-refractivity contribution in [2.75, 3.05) is 0 Å². The number of ether oxygens (including phenoxy) is 1. The second-order valence-electron chi connectivity index (χ2n) is 7.13. The Morgan fingerprint density at radius 2 is 1.28 bits per heavy atom. The first-order valence-electron chi connectivity index (χ1n) is 10.2. The average Bonchev–Trinajstić information content (AvgIpc) is 2.85. The third-order valence-electron chi connectivity index (χ3n) is 4.93. The van der Waals surface area contributed by atoms with Crippen LogP contribution in [0.15, 0.2) is 120 Å². The van der Waals surface area contributed by atoms with Crippen LogP contribution in [-0.4, -0.2) is 17.2 Å². The maximum absolute atomic E-state index is 13.1. The maximum atomic E-state index is 13.1. The highest BCUT2D eigenvalue weighted by molar-refractivity contribution is 5.91. The zero-order valence-corrected chi connectivity index (χ0v) is 17.3. The number of hydrogen-bond donors (Lipinski definition) is 2. The van der Waals surface area contributed by atoms with E-state index in [9.17, 15) is 9.90 Å². The topological polar surface area (TPSA) is 70.9 Å². The summed E-state index contributed by atoms with van der Waals surface area (Å²) in [6.07, 6.45) is 1.51. The van der Waals surface area contributed by atoms with Crippen LogP contribution in [0.5, 0.6) is 11.5 Å². The number of hydrazone groups is 1. The molecule has 32 heavy (non-hydrogen) atoms. The molecule has 0 aromatic heterocycles. The van der Waals surface area contributed by atoms with Gasteiger partial charge in [-0.25, -0.2) is 5.43 Å². The molecule has 0 bridgehead atoms. The number of nitrogens with zero attached hydrogens (tertiary/aromatic N) is 1. The lowest BCUT2D eigenvalue weighted by atomic mass is 9.85. The highest BCUT2D eigenvalue weighted by Gasteiger charge is 2.39. The summed E-state index contributed by atoms with van der Waals surface area (Å²) in [5, 5.41) is 15.5. The summed E-state index contributed by atoms with van der Waals surface area (Å²) in [6.45, 7) is 0. The minimum atomic E-state index is -1.88. The maximum Gasteiger partial charge on any atom is 0.281 e. The number of aliphatic hydroxyl groups is 1. The molecule has 0 aliphatic heterocycles. The molecule has 158 valence electrons. The molecule has 4 aromatic rings. The van der Waals surface area contributed by atoms with Gasteiger partial charge in [-0.3, -0.25) is 4.79 Å². The van der Waals surface area contributed by atoms with E-state index in [1.165, 1.54) is 6.21 Å². The van der Waals surface area contributed by atoms with Crippen molar-refractivity contribution in [3.8, 4) is 11.5 Å². The number of amides is 1. The van der Waals surface area contributed by atoms with Gasteiger partial charge in [0.05, 0.1) is 6.21 Å². The first-order chi connectivity index (χ1) is 15.7. The molecule has 0 unspecified atom stereocenters. The summed E-state index contributed by atoms with van der Waals surface area (Å²) in [7, 11) is 0. The van der Waals surface area contributed by atoms with Gasteiger partial charge in [0.1, 0.15) is 11.5 Å². The van der Waals surface area contributed by atoms with E-state index in [-0.39, 0.29) is 0 Å². The number of carbonyl (C=O) groups excluding carboxylic acids is 1. The molecule has 0 aliphatic carbocycles. The molecule has 5 heteroatoms. The molecule has 5 nitrogen and oxygen atoms in total. The summed E-state index contributed by atoms with van der Waals surface area (Å²) in [5.74, 6) is 0.727. The molecule has 4 rings (SSSR count). The van der Waals surface area contributed by atoms with Crippen LogP contribution in [0.2, 0.25) is 0 Å². The Morgan fingerprint density at radius 3 is 1.88 bits per heavy atom. The number of carbonyl (C=O) groups is 1. The van der Waals surface area contributed by atoms with Gasteiger partial charge in [-0.05, 0) is 41.0 Å². The van der Waals surface area contributed by atoms with Crippen LogP contribution >= 0.6 is 0 Å². The van der Waals surface area contributed by atoms with E-state index in [1.54, 1.807) is 48.5 Å². The quantitative estimate of drug-likeness (QED) is 0.330. The van der Waals surface area contributed by atoms with Crippen LogP contribution in [0.25, 0.3) is 0 Å². The fourth-order valence-corrected chi connectivity index (χ4v) is 3.32. The van der Waals surface area contributed by atoms with Gasteiger partial charge < -0.3 is 9.84 Å². The van der Waals surface area contributed by atoms with Gasteiger partial charge in [-0.1, -0.05) is 91.0 Å². The summed E-state index contributed by atoms with van der Waals surface area (Å²) < 4.78 is 5.83. The fourth-order valence-electron chi connectivity index (χ4n) is 3.32. The van der Waals surface area contributed by atoms with Gasteiger partial charge in [-0.2, -0.15) is 5.10 Å². The van der Waals surface area contributed by atoms with Crippen LogP contribution in [-0.2, 0) is 10.4 Å². The molecule has 0 saturated heterocycles. The van der Waals surface area contributed by atoms with Crippen molar-refractivity contribution in [2.45, 2.75) is 5.60 Å². The number of benzene rings is 4. The summed E-state index contributed by atoms with van der Waals surface area (Å²) in [5.41, 5.74) is 2.25. The molecule has 4 aromatic carbocycles. The third kappa shape index (κ3) is 4.74. The van der Waals surface area contributed by atoms with E-state index in [4.69, 9.17) is 4.74 Å². The monoisotopic (exact) mass is 422 g/mol. The lowest BCUT2D eigenvalue weighted by molar-refractivity contribution is -0.136. The lowest BCUT2D eigenvalue weighted by Crippen LogP contribution is -2.43. The van der Waals surface area contributed by atoms with E-state index < -0.39 is 11.5 Å². The molecule has 0 fully saturated rings. The first-order valence-corrected chi connectivity index (χ1v) is 10.2. The minimum Gasteiger partial charge on any atom is -0.457 e. The summed E-state index contributed by atoms with van der Waals surface area (Å²) in [4.78, 5) is 13.1. The van der Waals surface area contributed by atoms with Crippen LogP contribution in [0.3, 0.4) is 0 Å². The molecule has 0 heterocycles. The Balaban J connectivity index is 1.52. The van der Waals surface area contributed by atoms with E-state index in [2.05, 4.69) is 10.5 Å². The average molecular weight is 422 g/mol. The molecule has 0 saturated carbocycles. The van der Waals surface area contributed by atoms with Crippen molar-refractivity contribution in [2.24, 2.45) is 5.10 Å². The zero-order chi connectivity index (χ0) is 22.2. The van der Waals surface area contributed by atoms with E-state index in [0.717, 1.165) is 11.3 Å². The second kappa shape index (κ2) is 9.73. The van der Waals surface area contributed by atoms with Gasteiger partial charge in [-0.15, -0.1) is 0 Å². The summed E-state index contributed by atoms with van der Waals surface area (Å²) in [6, 6.07) is 34.4. The zero-order valence-electron chi connectivity index (χ0n) is 17.3. The first kappa shape index (κ1) is 21.0. The number of rotatable bonds is 7. The van der Waals surface area contributed by atoms with Crippen LogP contribution in [0.4, 0.5) is 0 Å². The normalized spacial score (nSPS) is 11.3. The predicted molar refractivity (Wildman–Crippen MR) is 125 cm³/mol.